The van der Waals surface area contributed by atoms with Crippen molar-refractivity contribution in [1.82, 2.24) is 20.4 Å². The van der Waals surface area contributed by atoms with Crippen molar-refractivity contribution in [3.05, 3.63) is 17.0 Å². The van der Waals surface area contributed by atoms with Crippen molar-refractivity contribution in [1.29, 1.82) is 0 Å². The molecular formula is C15H27ClN4O2. The van der Waals surface area contributed by atoms with E-state index in [4.69, 9.17) is 4.74 Å². The monoisotopic (exact) mass is 330 g/mol. The Morgan fingerprint density at radius 1 is 1.45 bits per heavy atom. The molecule has 1 aromatic rings. The van der Waals surface area contributed by atoms with Crippen molar-refractivity contribution < 1.29 is 9.53 Å². The first-order valence-corrected chi connectivity index (χ1v) is 7.67. The van der Waals surface area contributed by atoms with Crippen LogP contribution in [0.25, 0.3) is 0 Å². The number of rotatable bonds is 6. The van der Waals surface area contributed by atoms with Crippen LogP contribution in [0, 0.1) is 20.8 Å². The second kappa shape index (κ2) is 9.12. The summed E-state index contributed by atoms with van der Waals surface area (Å²) in [7, 11) is 0. The summed E-state index contributed by atoms with van der Waals surface area (Å²) in [5.41, 5.74) is 3.54. The molecule has 0 bridgehead atoms. The fourth-order valence-corrected chi connectivity index (χ4v) is 2.49. The van der Waals surface area contributed by atoms with Gasteiger partial charge in [0.05, 0.1) is 24.8 Å². The quantitative estimate of drug-likeness (QED) is 0.767. The molecule has 1 saturated heterocycles. The largest absolute Gasteiger partial charge is 0.375 e. The standard InChI is InChI=1S/C15H26N4O2.ClH/c1-11-12(2)18-19(13(11)3)7-4-5-17-15(20)9-14-10-16-6-8-21-14;/h14,16H,4-10H2,1-3H3,(H,17,20);1H. The van der Waals surface area contributed by atoms with Crippen molar-refractivity contribution in [2.45, 2.75) is 46.3 Å². The van der Waals surface area contributed by atoms with E-state index in [0.717, 1.165) is 31.7 Å². The average Bonchev–Trinajstić information content (AvgIpc) is 2.72. The Morgan fingerprint density at radius 3 is 2.82 bits per heavy atom. The van der Waals surface area contributed by atoms with Gasteiger partial charge in [0, 0.05) is 31.9 Å². The maximum absolute atomic E-state index is 11.8. The number of nitrogens with zero attached hydrogens (tertiary/aromatic N) is 2. The summed E-state index contributed by atoms with van der Waals surface area (Å²) in [5.74, 6) is 0.0632. The fraction of sp³-hybridized carbons (Fsp3) is 0.733. The van der Waals surface area contributed by atoms with E-state index in [9.17, 15) is 4.79 Å². The Morgan fingerprint density at radius 2 is 2.23 bits per heavy atom. The Balaban J connectivity index is 0.00000242. The van der Waals surface area contributed by atoms with Crippen LogP contribution in [0.1, 0.15) is 29.8 Å². The van der Waals surface area contributed by atoms with Crippen LogP contribution in [0.15, 0.2) is 0 Å². The Labute approximate surface area is 138 Å². The minimum Gasteiger partial charge on any atom is -0.375 e. The lowest BCUT2D eigenvalue weighted by atomic mass is 10.2. The summed E-state index contributed by atoms with van der Waals surface area (Å²) in [6.07, 6.45) is 1.33. The molecule has 2 heterocycles. The van der Waals surface area contributed by atoms with E-state index >= 15 is 0 Å². The number of nitrogens with one attached hydrogen (secondary N) is 2. The number of aromatic nitrogens is 2. The third-order valence-electron chi connectivity index (χ3n) is 4.03. The molecule has 1 fully saturated rings. The summed E-state index contributed by atoms with van der Waals surface area (Å²) >= 11 is 0. The molecule has 6 nitrogen and oxygen atoms in total. The van der Waals surface area contributed by atoms with Crippen LogP contribution in [0.3, 0.4) is 0 Å². The molecule has 7 heteroatoms. The predicted molar refractivity (Wildman–Crippen MR) is 88.5 cm³/mol. The number of halogens is 1. The van der Waals surface area contributed by atoms with Crippen LogP contribution in [0.4, 0.5) is 0 Å². The second-order valence-electron chi connectivity index (χ2n) is 5.62. The molecule has 1 aromatic heterocycles. The zero-order valence-corrected chi connectivity index (χ0v) is 14.5. The van der Waals surface area contributed by atoms with Gasteiger partial charge in [-0.2, -0.15) is 5.10 Å². The van der Waals surface area contributed by atoms with Gasteiger partial charge in [0.25, 0.3) is 0 Å². The first-order valence-electron chi connectivity index (χ1n) is 7.67. The number of hydrogen-bond acceptors (Lipinski definition) is 4. The minimum atomic E-state index is 0. The normalized spacial score (nSPS) is 17.9. The summed E-state index contributed by atoms with van der Waals surface area (Å²) in [4.78, 5) is 11.8. The molecular weight excluding hydrogens is 304 g/mol. The summed E-state index contributed by atoms with van der Waals surface area (Å²) in [6, 6.07) is 0. The average molecular weight is 331 g/mol. The van der Waals surface area contributed by atoms with Crippen molar-refractivity contribution in [3.8, 4) is 0 Å². The van der Waals surface area contributed by atoms with Crippen LogP contribution >= 0.6 is 12.4 Å². The summed E-state index contributed by atoms with van der Waals surface area (Å²) in [6.45, 7) is 10.0. The highest BCUT2D eigenvalue weighted by Crippen LogP contribution is 2.11. The van der Waals surface area contributed by atoms with Gasteiger partial charge in [-0.05, 0) is 32.8 Å². The zero-order chi connectivity index (χ0) is 15.2. The van der Waals surface area contributed by atoms with Crippen molar-refractivity contribution >= 4 is 18.3 Å². The van der Waals surface area contributed by atoms with E-state index in [1.165, 1.54) is 11.3 Å². The molecule has 0 radical (unpaired) electrons. The first-order chi connectivity index (χ1) is 10.1. The Bertz CT molecular complexity index is 484. The number of carbonyl (C=O) groups is 1. The van der Waals surface area contributed by atoms with Crippen LogP contribution in [0.2, 0.25) is 0 Å². The highest BCUT2D eigenvalue weighted by Gasteiger charge is 2.16. The fourth-order valence-electron chi connectivity index (χ4n) is 2.49. The van der Waals surface area contributed by atoms with Gasteiger partial charge in [0.15, 0.2) is 0 Å². The minimum absolute atomic E-state index is 0. The molecule has 126 valence electrons. The number of carbonyl (C=O) groups excluding carboxylic acids is 1. The molecule has 2 N–H and O–H groups in total. The van der Waals surface area contributed by atoms with Gasteiger partial charge in [0.2, 0.25) is 5.91 Å². The highest BCUT2D eigenvalue weighted by molar-refractivity contribution is 5.85. The number of amides is 1. The van der Waals surface area contributed by atoms with Gasteiger partial charge in [-0.1, -0.05) is 0 Å². The van der Waals surface area contributed by atoms with E-state index in [0.29, 0.717) is 19.6 Å². The molecule has 0 aliphatic carbocycles. The van der Waals surface area contributed by atoms with Crippen LogP contribution in [-0.4, -0.2) is 48.0 Å². The molecule has 1 aliphatic rings. The topological polar surface area (TPSA) is 68.2 Å². The molecule has 0 aromatic carbocycles. The van der Waals surface area contributed by atoms with Gasteiger partial charge in [-0.15, -0.1) is 12.4 Å². The van der Waals surface area contributed by atoms with Crippen LogP contribution < -0.4 is 10.6 Å². The molecule has 0 saturated carbocycles. The van der Waals surface area contributed by atoms with E-state index in [2.05, 4.69) is 29.6 Å². The maximum atomic E-state index is 11.8. The number of hydrogen-bond donors (Lipinski definition) is 2. The molecule has 2 rings (SSSR count). The van der Waals surface area contributed by atoms with Crippen LogP contribution in [-0.2, 0) is 16.1 Å². The van der Waals surface area contributed by atoms with E-state index in [-0.39, 0.29) is 24.4 Å². The first kappa shape index (κ1) is 18.9. The van der Waals surface area contributed by atoms with E-state index in [1.807, 2.05) is 11.6 Å². The number of morpholine rings is 1. The molecule has 22 heavy (non-hydrogen) atoms. The smallest absolute Gasteiger partial charge is 0.222 e. The third kappa shape index (κ3) is 5.26. The zero-order valence-electron chi connectivity index (χ0n) is 13.6. The molecule has 0 spiro atoms. The van der Waals surface area contributed by atoms with E-state index < -0.39 is 0 Å². The molecule has 1 unspecified atom stereocenters. The lowest BCUT2D eigenvalue weighted by molar-refractivity contribution is -0.124. The lowest BCUT2D eigenvalue weighted by Crippen LogP contribution is -2.41. The van der Waals surface area contributed by atoms with Gasteiger partial charge < -0.3 is 15.4 Å². The Hall–Kier alpha value is -1.11. The van der Waals surface area contributed by atoms with Gasteiger partial charge in [0.1, 0.15) is 0 Å². The number of ether oxygens (including phenoxy) is 1. The van der Waals surface area contributed by atoms with Crippen molar-refractivity contribution in [3.63, 3.8) is 0 Å². The molecule has 1 atom stereocenters. The van der Waals surface area contributed by atoms with Gasteiger partial charge in [-0.25, -0.2) is 0 Å². The SMILES string of the molecule is Cc1nn(CCCNC(=O)CC2CNCCO2)c(C)c1C.Cl. The predicted octanol–water partition coefficient (Wildman–Crippen LogP) is 1.11. The molecule has 1 amide bonds. The molecule has 1 aliphatic heterocycles. The lowest BCUT2D eigenvalue weighted by Gasteiger charge is -2.23. The van der Waals surface area contributed by atoms with Gasteiger partial charge in [-0.3, -0.25) is 9.48 Å². The van der Waals surface area contributed by atoms with Crippen molar-refractivity contribution in [2.75, 3.05) is 26.2 Å². The summed E-state index contributed by atoms with van der Waals surface area (Å²) in [5, 5.41) is 10.7. The van der Waals surface area contributed by atoms with E-state index in [1.54, 1.807) is 0 Å². The maximum Gasteiger partial charge on any atom is 0.222 e. The number of aryl methyl sites for hydroxylation is 2. The van der Waals surface area contributed by atoms with Gasteiger partial charge >= 0.3 is 0 Å². The van der Waals surface area contributed by atoms with Crippen LogP contribution in [0.5, 0.6) is 0 Å². The summed E-state index contributed by atoms with van der Waals surface area (Å²) < 4.78 is 7.54. The van der Waals surface area contributed by atoms with Crippen molar-refractivity contribution in [2.24, 2.45) is 0 Å². The highest BCUT2D eigenvalue weighted by atomic mass is 35.5. The third-order valence-corrected chi connectivity index (χ3v) is 4.03. The Kier molecular flexibility index (Phi) is 7.85. The second-order valence-corrected chi connectivity index (χ2v) is 5.62.